The van der Waals surface area contributed by atoms with Gasteiger partial charge in [0.15, 0.2) is 0 Å². The summed E-state index contributed by atoms with van der Waals surface area (Å²) in [7, 11) is 1.82. The number of carbonyl (C=O) groups excluding carboxylic acids is 1. The summed E-state index contributed by atoms with van der Waals surface area (Å²) in [5.41, 5.74) is 2.79. The van der Waals surface area contributed by atoms with Crippen molar-refractivity contribution in [3.05, 3.63) is 52.8 Å². The van der Waals surface area contributed by atoms with E-state index in [2.05, 4.69) is 15.4 Å². The molecule has 0 unspecified atom stereocenters. The van der Waals surface area contributed by atoms with Crippen molar-refractivity contribution in [1.82, 2.24) is 20.1 Å². The Morgan fingerprint density at radius 1 is 1.38 bits per heavy atom. The lowest BCUT2D eigenvalue weighted by Gasteiger charge is -2.10. The van der Waals surface area contributed by atoms with Crippen molar-refractivity contribution in [2.45, 2.75) is 6.92 Å². The van der Waals surface area contributed by atoms with Crippen LogP contribution in [0.2, 0.25) is 5.02 Å². The van der Waals surface area contributed by atoms with E-state index in [1.807, 2.05) is 26.1 Å². The molecule has 1 amide bonds. The van der Waals surface area contributed by atoms with Gasteiger partial charge in [-0.3, -0.25) is 9.48 Å². The molecule has 1 aromatic carbocycles. The predicted molar refractivity (Wildman–Crippen MR) is 92.5 cm³/mol. The third-order valence-corrected chi connectivity index (χ3v) is 3.96. The van der Waals surface area contributed by atoms with Gasteiger partial charge in [0.05, 0.1) is 34.5 Å². The Hall–Kier alpha value is -2.60. The molecule has 0 aliphatic heterocycles. The molecule has 0 spiro atoms. The number of amides is 1. The van der Waals surface area contributed by atoms with Crippen LogP contribution in [-0.4, -0.2) is 33.8 Å². The van der Waals surface area contributed by atoms with Gasteiger partial charge in [0.1, 0.15) is 17.9 Å². The van der Waals surface area contributed by atoms with Crippen LogP contribution in [0.4, 0.5) is 0 Å². The van der Waals surface area contributed by atoms with Crippen LogP contribution in [0.15, 0.2) is 36.5 Å². The largest absolute Gasteiger partial charge is 0.490 e. The second-order valence-corrected chi connectivity index (χ2v) is 5.74. The van der Waals surface area contributed by atoms with Crippen LogP contribution in [0.25, 0.3) is 11.0 Å². The summed E-state index contributed by atoms with van der Waals surface area (Å²) in [6.45, 7) is 2.50. The van der Waals surface area contributed by atoms with E-state index >= 15 is 0 Å². The van der Waals surface area contributed by atoms with Crippen molar-refractivity contribution in [3.8, 4) is 5.75 Å². The second-order valence-electron chi connectivity index (χ2n) is 5.33. The molecule has 2 heterocycles. The molecule has 24 heavy (non-hydrogen) atoms. The van der Waals surface area contributed by atoms with E-state index in [-0.39, 0.29) is 5.91 Å². The number of para-hydroxylation sites is 1. The summed E-state index contributed by atoms with van der Waals surface area (Å²) in [6, 6.07) is 9.02. The highest BCUT2D eigenvalue weighted by Crippen LogP contribution is 2.22. The first-order valence-corrected chi connectivity index (χ1v) is 7.89. The Bertz CT molecular complexity index is 891. The molecule has 0 fully saturated rings. The third-order valence-electron chi connectivity index (χ3n) is 3.65. The fourth-order valence-electron chi connectivity index (χ4n) is 2.38. The molecule has 0 aliphatic rings. The number of carbonyl (C=O) groups is 1. The molecule has 7 heteroatoms. The van der Waals surface area contributed by atoms with Gasteiger partial charge in [-0.05, 0) is 25.1 Å². The Morgan fingerprint density at radius 3 is 2.96 bits per heavy atom. The SMILES string of the molecule is Cc1nc2cnn(C)c2cc1C(=O)NCCOc1ccccc1Cl. The maximum absolute atomic E-state index is 12.4. The zero-order valence-corrected chi connectivity index (χ0v) is 14.2. The highest BCUT2D eigenvalue weighted by atomic mass is 35.5. The number of aromatic nitrogens is 3. The summed E-state index contributed by atoms with van der Waals surface area (Å²) in [6.07, 6.45) is 1.68. The number of halogens is 1. The lowest BCUT2D eigenvalue weighted by Crippen LogP contribution is -2.29. The normalized spacial score (nSPS) is 10.8. The fourth-order valence-corrected chi connectivity index (χ4v) is 2.57. The minimum Gasteiger partial charge on any atom is -0.490 e. The van der Waals surface area contributed by atoms with Crippen molar-refractivity contribution < 1.29 is 9.53 Å². The topological polar surface area (TPSA) is 69.0 Å². The average molecular weight is 345 g/mol. The van der Waals surface area contributed by atoms with Gasteiger partial charge in [0, 0.05) is 7.05 Å². The van der Waals surface area contributed by atoms with Crippen molar-refractivity contribution in [1.29, 1.82) is 0 Å². The molecule has 0 radical (unpaired) electrons. The quantitative estimate of drug-likeness (QED) is 0.722. The van der Waals surface area contributed by atoms with Crippen molar-refractivity contribution in [2.24, 2.45) is 7.05 Å². The minimum atomic E-state index is -0.189. The number of hydrogen-bond donors (Lipinski definition) is 1. The van der Waals surface area contributed by atoms with Crippen molar-refractivity contribution in [2.75, 3.05) is 13.2 Å². The minimum absolute atomic E-state index is 0.189. The first-order valence-electron chi connectivity index (χ1n) is 7.51. The fraction of sp³-hybridized carbons (Fsp3) is 0.235. The van der Waals surface area contributed by atoms with Crippen LogP contribution in [0.5, 0.6) is 5.75 Å². The van der Waals surface area contributed by atoms with Crippen LogP contribution in [-0.2, 0) is 7.05 Å². The lowest BCUT2D eigenvalue weighted by molar-refractivity contribution is 0.0946. The predicted octanol–water partition coefficient (Wildman–Crippen LogP) is 2.74. The molecule has 0 bridgehead atoms. The van der Waals surface area contributed by atoms with Crippen molar-refractivity contribution >= 4 is 28.5 Å². The van der Waals surface area contributed by atoms with Gasteiger partial charge in [0.2, 0.25) is 0 Å². The molecule has 6 nitrogen and oxygen atoms in total. The molecule has 0 saturated heterocycles. The molecule has 3 rings (SSSR count). The smallest absolute Gasteiger partial charge is 0.253 e. The van der Waals surface area contributed by atoms with Crippen LogP contribution >= 0.6 is 11.6 Å². The molecule has 0 atom stereocenters. The van der Waals surface area contributed by atoms with Gasteiger partial charge in [-0.1, -0.05) is 23.7 Å². The monoisotopic (exact) mass is 344 g/mol. The number of pyridine rings is 1. The highest BCUT2D eigenvalue weighted by molar-refractivity contribution is 6.32. The maximum Gasteiger partial charge on any atom is 0.253 e. The number of nitrogens with zero attached hydrogens (tertiary/aromatic N) is 3. The van der Waals surface area contributed by atoms with E-state index < -0.39 is 0 Å². The van der Waals surface area contributed by atoms with Gasteiger partial charge in [-0.15, -0.1) is 0 Å². The standard InChI is InChI=1S/C17H17ClN4O2/c1-11-12(9-15-14(21-11)10-20-22(15)2)17(23)19-7-8-24-16-6-4-3-5-13(16)18/h3-6,9-10H,7-8H2,1-2H3,(H,19,23). The molecule has 2 aromatic heterocycles. The molecule has 1 N–H and O–H groups in total. The third kappa shape index (κ3) is 3.33. The summed E-state index contributed by atoms with van der Waals surface area (Å²) < 4.78 is 7.25. The van der Waals surface area contributed by atoms with E-state index in [0.717, 1.165) is 11.0 Å². The van der Waals surface area contributed by atoms with E-state index in [0.29, 0.717) is 35.2 Å². The van der Waals surface area contributed by atoms with Crippen molar-refractivity contribution in [3.63, 3.8) is 0 Å². The summed E-state index contributed by atoms with van der Waals surface area (Å²) in [4.78, 5) is 16.8. The Balaban J connectivity index is 1.62. The molecular formula is C17H17ClN4O2. The molecule has 3 aromatic rings. The number of nitrogens with one attached hydrogen (secondary N) is 1. The molecule has 124 valence electrons. The Morgan fingerprint density at radius 2 is 2.17 bits per heavy atom. The summed E-state index contributed by atoms with van der Waals surface area (Å²) in [5.74, 6) is 0.411. The van der Waals surface area contributed by atoms with Crippen LogP contribution in [0, 0.1) is 6.92 Å². The van der Waals surface area contributed by atoms with Gasteiger partial charge in [0.25, 0.3) is 5.91 Å². The second kappa shape index (κ2) is 6.88. The average Bonchev–Trinajstić information content (AvgIpc) is 2.92. The first kappa shape index (κ1) is 16.3. The van der Waals surface area contributed by atoms with E-state index in [1.54, 1.807) is 29.1 Å². The number of hydrogen-bond acceptors (Lipinski definition) is 4. The van der Waals surface area contributed by atoms with E-state index in [9.17, 15) is 4.79 Å². The van der Waals surface area contributed by atoms with Gasteiger partial charge < -0.3 is 10.1 Å². The highest BCUT2D eigenvalue weighted by Gasteiger charge is 2.13. The van der Waals surface area contributed by atoms with Crippen LogP contribution < -0.4 is 10.1 Å². The molecular weight excluding hydrogens is 328 g/mol. The molecule has 0 saturated carbocycles. The Kier molecular flexibility index (Phi) is 4.66. The number of rotatable bonds is 5. The first-order chi connectivity index (χ1) is 11.6. The lowest BCUT2D eigenvalue weighted by atomic mass is 10.1. The zero-order valence-electron chi connectivity index (χ0n) is 13.4. The van der Waals surface area contributed by atoms with Gasteiger partial charge in [-0.25, -0.2) is 4.98 Å². The van der Waals surface area contributed by atoms with Gasteiger partial charge >= 0.3 is 0 Å². The Labute approximate surface area is 144 Å². The number of aryl methyl sites for hydroxylation is 2. The van der Waals surface area contributed by atoms with E-state index in [4.69, 9.17) is 16.3 Å². The van der Waals surface area contributed by atoms with Crippen LogP contribution in [0.3, 0.4) is 0 Å². The number of fused-ring (bicyclic) bond motifs is 1. The van der Waals surface area contributed by atoms with E-state index in [1.165, 1.54) is 0 Å². The number of ether oxygens (including phenoxy) is 1. The van der Waals surface area contributed by atoms with Crippen LogP contribution in [0.1, 0.15) is 16.1 Å². The molecule has 0 aliphatic carbocycles. The maximum atomic E-state index is 12.4. The van der Waals surface area contributed by atoms with Gasteiger partial charge in [-0.2, -0.15) is 5.10 Å². The zero-order chi connectivity index (χ0) is 17.1. The summed E-state index contributed by atoms with van der Waals surface area (Å²) in [5, 5.41) is 7.52. The summed E-state index contributed by atoms with van der Waals surface area (Å²) >= 11 is 6.01. The number of benzene rings is 1.